The van der Waals surface area contributed by atoms with Crippen molar-refractivity contribution in [1.29, 1.82) is 5.41 Å². The molecule has 1 atom stereocenters. The van der Waals surface area contributed by atoms with E-state index in [0.717, 1.165) is 0 Å². The van der Waals surface area contributed by atoms with Crippen molar-refractivity contribution >= 4 is 23.8 Å². The molecule has 6 N–H and O–H groups in total. The average Bonchev–Trinajstić information content (AvgIpc) is 2.64. The molecule has 0 aromatic carbocycles. The van der Waals surface area contributed by atoms with Crippen LogP contribution < -0.4 is 16.2 Å². The standard InChI is InChI=1S/C5H7NO3.C4H9N3O2/c7-4-2-1-3(6-4)5(8)9;1-7(4(5)6)2-3(8)9/h3H,1-2H2,(H,6,7)(H,8,9);2H2,1H3,(H3,5,6)(H,8,9). The van der Waals surface area contributed by atoms with Crippen LogP contribution in [0.2, 0.25) is 0 Å². The van der Waals surface area contributed by atoms with E-state index in [1.807, 2.05) is 0 Å². The number of hydrogen-bond acceptors (Lipinski definition) is 5. The fraction of sp³-hybridized carbons (Fsp3) is 0.556. The maximum absolute atomic E-state index is 10.4. The van der Waals surface area contributed by atoms with Gasteiger partial charge in [0.25, 0.3) is 0 Å². The summed E-state index contributed by atoms with van der Waals surface area (Å²) in [5.41, 5.74) is 4.96. The Morgan fingerprint density at radius 1 is 1.67 bits per heavy atom. The fourth-order valence-electron chi connectivity index (χ4n) is 1.09. The van der Waals surface area contributed by atoms with Gasteiger partial charge in [-0.2, -0.15) is 0 Å². The lowest BCUT2D eigenvalue weighted by molar-refractivity contribution is -0.308. The number of aliphatic carboxylic acids is 1. The lowest BCUT2D eigenvalue weighted by Crippen LogP contribution is -2.42. The second-order valence-electron chi connectivity index (χ2n) is 3.64. The van der Waals surface area contributed by atoms with E-state index in [1.54, 1.807) is 0 Å². The van der Waals surface area contributed by atoms with Gasteiger partial charge in [0, 0.05) is 18.3 Å². The quantitative estimate of drug-likeness (QED) is 0.266. The van der Waals surface area contributed by atoms with Gasteiger partial charge < -0.3 is 31.0 Å². The van der Waals surface area contributed by atoms with Crippen LogP contribution in [-0.2, 0) is 14.4 Å². The molecular formula is C9H16N4O5. The number of carbonyl (C=O) groups excluding carboxylic acids is 3. The van der Waals surface area contributed by atoms with Crippen molar-refractivity contribution in [1.82, 2.24) is 10.2 Å². The molecule has 0 bridgehead atoms. The minimum atomic E-state index is -1.19. The highest BCUT2D eigenvalue weighted by Crippen LogP contribution is 2.04. The largest absolute Gasteiger partial charge is 0.563 e. The minimum absolute atomic E-state index is 0.116. The minimum Gasteiger partial charge on any atom is -0.563 e. The van der Waals surface area contributed by atoms with Crippen molar-refractivity contribution in [3.63, 3.8) is 0 Å². The number of hydrogen-bond donors (Lipinski definition) is 3. The Kier molecular flexibility index (Phi) is 6.18. The van der Waals surface area contributed by atoms with Crippen LogP contribution in [0.15, 0.2) is 0 Å². The predicted molar refractivity (Wildman–Crippen MR) is 59.3 cm³/mol. The van der Waals surface area contributed by atoms with Gasteiger partial charge in [-0.15, -0.1) is 0 Å². The molecule has 0 saturated carbocycles. The Hall–Kier alpha value is -2.32. The van der Waals surface area contributed by atoms with E-state index < -0.39 is 18.0 Å². The van der Waals surface area contributed by atoms with Gasteiger partial charge in [-0.3, -0.25) is 10.2 Å². The zero-order valence-corrected chi connectivity index (χ0v) is 9.86. The van der Waals surface area contributed by atoms with E-state index in [-0.39, 0.29) is 18.4 Å². The summed E-state index contributed by atoms with van der Waals surface area (Å²) in [6.07, 6.45) is 0.666. The van der Waals surface area contributed by atoms with E-state index in [0.29, 0.717) is 12.8 Å². The van der Waals surface area contributed by atoms with Crippen LogP contribution in [0.1, 0.15) is 12.8 Å². The van der Waals surface area contributed by atoms with Crippen LogP contribution in [0.25, 0.3) is 0 Å². The molecule has 0 aliphatic carbocycles. The van der Waals surface area contributed by atoms with Crippen LogP contribution in [0, 0.1) is 5.41 Å². The SMILES string of the molecule is CN(CC(=O)[OH2+])C(=N)N.O=C1CCC(C(=O)[O-])N1. The molecule has 9 nitrogen and oxygen atoms in total. The number of rotatable bonds is 3. The first-order valence-corrected chi connectivity index (χ1v) is 5.03. The van der Waals surface area contributed by atoms with E-state index >= 15 is 0 Å². The molecule has 1 unspecified atom stereocenters. The van der Waals surface area contributed by atoms with Crippen LogP contribution in [0.4, 0.5) is 0 Å². The summed E-state index contributed by atoms with van der Waals surface area (Å²) in [5, 5.41) is 25.5. The highest BCUT2D eigenvalue weighted by Gasteiger charge is 2.20. The highest BCUT2D eigenvalue weighted by atomic mass is 16.4. The Balaban J connectivity index is 0.000000321. The first-order valence-electron chi connectivity index (χ1n) is 5.03. The van der Waals surface area contributed by atoms with Crippen molar-refractivity contribution in [2.24, 2.45) is 5.73 Å². The molecule has 9 heteroatoms. The molecule has 1 fully saturated rings. The van der Waals surface area contributed by atoms with E-state index in [9.17, 15) is 19.5 Å². The van der Waals surface area contributed by atoms with Crippen molar-refractivity contribution in [2.75, 3.05) is 13.6 Å². The zero-order chi connectivity index (χ0) is 14.3. The van der Waals surface area contributed by atoms with Gasteiger partial charge in [0.15, 0.2) is 12.5 Å². The molecule has 1 saturated heterocycles. The summed E-state index contributed by atoms with van der Waals surface area (Å²) in [4.78, 5) is 31.6. The number of nitrogens with zero attached hydrogens (tertiary/aromatic N) is 1. The van der Waals surface area contributed by atoms with E-state index in [4.69, 9.17) is 16.2 Å². The van der Waals surface area contributed by atoms with Crippen LogP contribution >= 0.6 is 0 Å². The third-order valence-electron chi connectivity index (χ3n) is 2.07. The molecule has 0 spiro atoms. The summed E-state index contributed by atoms with van der Waals surface area (Å²) >= 11 is 0. The van der Waals surface area contributed by atoms with Gasteiger partial charge in [0.1, 0.15) is 0 Å². The van der Waals surface area contributed by atoms with Crippen LogP contribution in [0.3, 0.4) is 0 Å². The molecule has 1 aliphatic rings. The summed E-state index contributed by atoms with van der Waals surface area (Å²) in [6.45, 7) is -0.116. The monoisotopic (exact) mass is 260 g/mol. The number of nitrogens with two attached hydrogens (primary N) is 1. The molecule has 102 valence electrons. The predicted octanol–water partition coefficient (Wildman–Crippen LogP) is -3.92. The van der Waals surface area contributed by atoms with Crippen molar-refractivity contribution in [3.8, 4) is 0 Å². The summed E-state index contributed by atoms with van der Waals surface area (Å²) < 4.78 is 0. The number of carboxylic acids is 1. The Morgan fingerprint density at radius 2 is 2.22 bits per heavy atom. The maximum Gasteiger partial charge on any atom is 0.535 e. The third-order valence-corrected chi connectivity index (χ3v) is 2.07. The Morgan fingerprint density at radius 3 is 2.39 bits per heavy atom. The number of amides is 1. The summed E-state index contributed by atoms with van der Waals surface area (Å²) in [5.74, 6) is -2.34. The number of likely N-dealkylation sites (N-methyl/N-ethyl adjacent to an activating group) is 1. The molecule has 1 amide bonds. The van der Waals surface area contributed by atoms with E-state index in [2.05, 4.69) is 5.32 Å². The second kappa shape index (κ2) is 7.09. The first-order chi connectivity index (χ1) is 8.23. The number of nitrogens with one attached hydrogen (secondary N) is 2. The Bertz CT molecular complexity index is 355. The van der Waals surface area contributed by atoms with Gasteiger partial charge in [-0.25, -0.2) is 0 Å². The second-order valence-corrected chi connectivity index (χ2v) is 3.64. The first kappa shape index (κ1) is 15.7. The molecule has 0 aromatic rings. The molecular weight excluding hydrogens is 244 g/mol. The van der Waals surface area contributed by atoms with Gasteiger partial charge in [-0.05, 0) is 6.42 Å². The van der Waals surface area contributed by atoms with Gasteiger partial charge in [-0.1, -0.05) is 0 Å². The summed E-state index contributed by atoms with van der Waals surface area (Å²) in [7, 11) is 1.48. The van der Waals surface area contributed by atoms with Crippen LogP contribution in [0.5, 0.6) is 0 Å². The van der Waals surface area contributed by atoms with Gasteiger partial charge in [0.05, 0.1) is 12.0 Å². The molecule has 18 heavy (non-hydrogen) atoms. The number of carboxylic acid groups (broad SMARTS) is 1. The lowest BCUT2D eigenvalue weighted by atomic mass is 10.2. The maximum atomic E-state index is 10.4. The number of guanidine groups is 1. The number of carbonyl (C=O) groups is 3. The topological polar surface area (TPSA) is 162 Å². The van der Waals surface area contributed by atoms with Crippen LogP contribution in [-0.4, -0.2) is 53.4 Å². The van der Waals surface area contributed by atoms with E-state index in [1.165, 1.54) is 11.9 Å². The van der Waals surface area contributed by atoms with Gasteiger partial charge in [0.2, 0.25) is 5.91 Å². The lowest BCUT2D eigenvalue weighted by Gasteiger charge is -2.09. The van der Waals surface area contributed by atoms with Gasteiger partial charge >= 0.3 is 5.97 Å². The molecule has 0 aromatic heterocycles. The fourth-order valence-corrected chi connectivity index (χ4v) is 1.09. The molecule has 1 heterocycles. The smallest absolute Gasteiger partial charge is 0.535 e. The van der Waals surface area contributed by atoms with Crippen molar-refractivity contribution < 1.29 is 24.6 Å². The average molecular weight is 260 g/mol. The summed E-state index contributed by atoms with van der Waals surface area (Å²) in [6, 6.07) is -0.752. The normalized spacial score (nSPS) is 17.2. The van der Waals surface area contributed by atoms with Crippen molar-refractivity contribution in [3.05, 3.63) is 0 Å². The molecule has 0 radical (unpaired) electrons. The molecule has 1 rings (SSSR count). The Labute approximate surface area is 103 Å². The molecule has 1 aliphatic heterocycles. The highest BCUT2D eigenvalue weighted by molar-refractivity contribution is 5.86. The third kappa shape index (κ3) is 6.30. The van der Waals surface area contributed by atoms with Crippen molar-refractivity contribution in [2.45, 2.75) is 18.9 Å². The zero-order valence-electron chi connectivity index (χ0n) is 9.86.